The third-order valence-corrected chi connectivity index (χ3v) is 4.88. The standard InChI is InChI=1S/C16H29N3O2.HI/c1-3-5-12-10-13(12)18-16(17-2)19-7-9-21-15(11-19)14-6-4-8-20-14;/h12-15H,3-11H2,1-2H3,(H,17,18);1H. The van der Waals surface area contributed by atoms with Crippen LogP contribution < -0.4 is 5.32 Å². The molecular formula is C16H30IN3O2. The molecule has 3 fully saturated rings. The second kappa shape index (κ2) is 8.68. The van der Waals surface area contributed by atoms with E-state index in [0.717, 1.165) is 51.0 Å². The molecular weight excluding hydrogens is 393 g/mol. The minimum atomic E-state index is 0. The summed E-state index contributed by atoms with van der Waals surface area (Å²) in [5.74, 6) is 1.90. The summed E-state index contributed by atoms with van der Waals surface area (Å²) >= 11 is 0. The third-order valence-electron chi connectivity index (χ3n) is 4.88. The fourth-order valence-electron chi connectivity index (χ4n) is 3.57. The van der Waals surface area contributed by atoms with E-state index in [9.17, 15) is 0 Å². The number of rotatable bonds is 4. The van der Waals surface area contributed by atoms with E-state index in [1.54, 1.807) is 0 Å². The number of nitrogens with one attached hydrogen (secondary N) is 1. The van der Waals surface area contributed by atoms with Crippen LogP contribution in [0, 0.1) is 5.92 Å². The molecule has 2 aliphatic heterocycles. The van der Waals surface area contributed by atoms with Gasteiger partial charge in [-0.3, -0.25) is 4.99 Å². The summed E-state index contributed by atoms with van der Waals surface area (Å²) < 4.78 is 11.7. The van der Waals surface area contributed by atoms with Crippen LogP contribution in [0.5, 0.6) is 0 Å². The zero-order chi connectivity index (χ0) is 14.7. The van der Waals surface area contributed by atoms with Crippen molar-refractivity contribution in [2.75, 3.05) is 33.4 Å². The molecule has 2 saturated heterocycles. The Balaban J connectivity index is 0.00000176. The Morgan fingerprint density at radius 2 is 2.09 bits per heavy atom. The Kier molecular flexibility index (Phi) is 7.21. The molecule has 3 aliphatic rings. The summed E-state index contributed by atoms with van der Waals surface area (Å²) in [7, 11) is 1.88. The highest BCUT2D eigenvalue weighted by molar-refractivity contribution is 14.0. The van der Waals surface area contributed by atoms with E-state index in [2.05, 4.69) is 22.1 Å². The first-order valence-electron chi connectivity index (χ1n) is 8.53. The highest BCUT2D eigenvalue weighted by Gasteiger charge is 2.38. The molecule has 22 heavy (non-hydrogen) atoms. The van der Waals surface area contributed by atoms with Gasteiger partial charge in [0.05, 0.1) is 12.7 Å². The van der Waals surface area contributed by atoms with Gasteiger partial charge in [-0.25, -0.2) is 0 Å². The molecule has 1 saturated carbocycles. The minimum Gasteiger partial charge on any atom is -0.375 e. The van der Waals surface area contributed by atoms with Crippen LogP contribution in [0.25, 0.3) is 0 Å². The maximum absolute atomic E-state index is 5.92. The zero-order valence-corrected chi connectivity index (χ0v) is 16.1. The van der Waals surface area contributed by atoms with Crippen molar-refractivity contribution in [2.45, 2.75) is 57.3 Å². The summed E-state index contributed by atoms with van der Waals surface area (Å²) in [5.41, 5.74) is 0. The number of morpholine rings is 1. The van der Waals surface area contributed by atoms with Crippen molar-refractivity contribution < 1.29 is 9.47 Å². The number of hydrogen-bond donors (Lipinski definition) is 1. The monoisotopic (exact) mass is 423 g/mol. The van der Waals surface area contributed by atoms with Gasteiger partial charge in [0.25, 0.3) is 0 Å². The summed E-state index contributed by atoms with van der Waals surface area (Å²) in [6.07, 6.45) is 6.68. The number of aliphatic imine (C=N–C) groups is 1. The van der Waals surface area contributed by atoms with Crippen molar-refractivity contribution in [3.8, 4) is 0 Å². The highest BCUT2D eigenvalue weighted by atomic mass is 127. The minimum absolute atomic E-state index is 0. The van der Waals surface area contributed by atoms with Crippen LogP contribution in [0.15, 0.2) is 4.99 Å². The molecule has 1 N–H and O–H groups in total. The second-order valence-corrected chi connectivity index (χ2v) is 6.49. The zero-order valence-electron chi connectivity index (χ0n) is 13.8. The Bertz CT molecular complexity index is 374. The quantitative estimate of drug-likeness (QED) is 0.428. The number of halogens is 1. The van der Waals surface area contributed by atoms with E-state index in [0.29, 0.717) is 6.04 Å². The van der Waals surface area contributed by atoms with Crippen LogP contribution in [0.1, 0.15) is 39.0 Å². The fourth-order valence-corrected chi connectivity index (χ4v) is 3.57. The van der Waals surface area contributed by atoms with E-state index in [4.69, 9.17) is 9.47 Å². The van der Waals surface area contributed by atoms with E-state index in [1.165, 1.54) is 19.3 Å². The number of ether oxygens (including phenoxy) is 2. The first kappa shape index (κ1) is 18.3. The molecule has 0 aromatic carbocycles. The molecule has 6 heteroatoms. The molecule has 5 nitrogen and oxygen atoms in total. The Hall–Kier alpha value is -0.0800. The first-order valence-corrected chi connectivity index (χ1v) is 8.53. The van der Waals surface area contributed by atoms with Gasteiger partial charge in [-0.2, -0.15) is 0 Å². The summed E-state index contributed by atoms with van der Waals surface area (Å²) in [6.45, 7) is 5.74. The predicted molar refractivity (Wildman–Crippen MR) is 99.0 cm³/mol. The van der Waals surface area contributed by atoms with Gasteiger partial charge in [0, 0.05) is 32.8 Å². The van der Waals surface area contributed by atoms with E-state index in [-0.39, 0.29) is 36.2 Å². The molecule has 1 aliphatic carbocycles. The van der Waals surface area contributed by atoms with Crippen molar-refractivity contribution in [3.05, 3.63) is 0 Å². The van der Waals surface area contributed by atoms with Gasteiger partial charge in [0.2, 0.25) is 0 Å². The maximum atomic E-state index is 5.92. The largest absolute Gasteiger partial charge is 0.375 e. The number of guanidine groups is 1. The summed E-state index contributed by atoms with van der Waals surface area (Å²) in [6, 6.07) is 0.632. The molecule has 0 aromatic heterocycles. The average molecular weight is 423 g/mol. The molecule has 4 unspecified atom stereocenters. The summed E-state index contributed by atoms with van der Waals surface area (Å²) in [5, 5.41) is 3.64. The van der Waals surface area contributed by atoms with Crippen LogP contribution in [-0.4, -0.2) is 62.5 Å². The van der Waals surface area contributed by atoms with Gasteiger partial charge in [0.1, 0.15) is 6.10 Å². The number of hydrogen-bond acceptors (Lipinski definition) is 3. The average Bonchev–Trinajstić information content (AvgIpc) is 3.03. The van der Waals surface area contributed by atoms with Crippen molar-refractivity contribution in [3.63, 3.8) is 0 Å². The third kappa shape index (κ3) is 4.47. The molecule has 0 radical (unpaired) electrons. The van der Waals surface area contributed by atoms with Gasteiger partial charge in [-0.1, -0.05) is 13.3 Å². The Morgan fingerprint density at radius 3 is 2.77 bits per heavy atom. The van der Waals surface area contributed by atoms with Gasteiger partial charge in [0.15, 0.2) is 5.96 Å². The SMILES string of the molecule is CCCC1CC1NC(=NC)N1CCOC(C2CCCO2)C1.I. The van der Waals surface area contributed by atoms with E-state index >= 15 is 0 Å². The molecule has 3 rings (SSSR count). The van der Waals surface area contributed by atoms with Crippen molar-refractivity contribution in [2.24, 2.45) is 10.9 Å². The van der Waals surface area contributed by atoms with Gasteiger partial charge in [-0.15, -0.1) is 24.0 Å². The van der Waals surface area contributed by atoms with Crippen molar-refractivity contribution in [1.29, 1.82) is 0 Å². The van der Waals surface area contributed by atoms with E-state index < -0.39 is 0 Å². The fraction of sp³-hybridized carbons (Fsp3) is 0.938. The van der Waals surface area contributed by atoms with Crippen LogP contribution in [0.3, 0.4) is 0 Å². The predicted octanol–water partition coefficient (Wildman–Crippen LogP) is 2.25. The molecule has 0 bridgehead atoms. The maximum Gasteiger partial charge on any atom is 0.194 e. The lowest BCUT2D eigenvalue weighted by atomic mass is 10.1. The lowest BCUT2D eigenvalue weighted by Crippen LogP contribution is -2.53. The molecule has 4 atom stereocenters. The summed E-state index contributed by atoms with van der Waals surface area (Å²) in [4.78, 5) is 6.83. The molecule has 0 spiro atoms. The molecule has 0 amide bonds. The van der Waals surface area contributed by atoms with Crippen LogP contribution in [-0.2, 0) is 9.47 Å². The highest BCUT2D eigenvalue weighted by Crippen LogP contribution is 2.34. The second-order valence-electron chi connectivity index (χ2n) is 6.49. The number of nitrogens with zero attached hydrogens (tertiary/aromatic N) is 2. The first-order chi connectivity index (χ1) is 10.3. The Labute approximate surface area is 151 Å². The lowest BCUT2D eigenvalue weighted by Gasteiger charge is -2.37. The molecule has 0 aromatic rings. The lowest BCUT2D eigenvalue weighted by molar-refractivity contribution is -0.0817. The van der Waals surface area contributed by atoms with Gasteiger partial charge < -0.3 is 19.7 Å². The van der Waals surface area contributed by atoms with Gasteiger partial charge in [-0.05, 0) is 31.6 Å². The van der Waals surface area contributed by atoms with Crippen LogP contribution in [0.4, 0.5) is 0 Å². The smallest absolute Gasteiger partial charge is 0.194 e. The van der Waals surface area contributed by atoms with Crippen LogP contribution in [0.2, 0.25) is 0 Å². The normalized spacial score (nSPS) is 35.2. The van der Waals surface area contributed by atoms with Gasteiger partial charge >= 0.3 is 0 Å². The van der Waals surface area contributed by atoms with Crippen molar-refractivity contribution in [1.82, 2.24) is 10.2 Å². The van der Waals surface area contributed by atoms with Crippen LogP contribution >= 0.6 is 24.0 Å². The topological polar surface area (TPSA) is 46.1 Å². The molecule has 128 valence electrons. The van der Waals surface area contributed by atoms with Crippen molar-refractivity contribution >= 4 is 29.9 Å². The van der Waals surface area contributed by atoms with E-state index in [1.807, 2.05) is 7.05 Å². The Morgan fingerprint density at radius 1 is 1.27 bits per heavy atom. The molecule has 2 heterocycles.